The second kappa shape index (κ2) is 7.73. The highest BCUT2D eigenvalue weighted by atomic mass is 35.5. The van der Waals surface area contributed by atoms with Gasteiger partial charge in [0.1, 0.15) is 0 Å². The van der Waals surface area contributed by atoms with Gasteiger partial charge in [-0.15, -0.1) is 0 Å². The number of rotatable bonds is 7. The summed E-state index contributed by atoms with van der Waals surface area (Å²) in [7, 11) is 2.03. The van der Waals surface area contributed by atoms with Crippen molar-refractivity contribution in [3.05, 3.63) is 34.9 Å². The molecule has 0 spiro atoms. The Kier molecular flexibility index (Phi) is 6.61. The fourth-order valence-corrected chi connectivity index (χ4v) is 2.78. The predicted molar refractivity (Wildman–Crippen MR) is 76.6 cm³/mol. The zero-order chi connectivity index (χ0) is 12.7. The van der Waals surface area contributed by atoms with Crippen molar-refractivity contribution in [2.24, 2.45) is 11.8 Å². The van der Waals surface area contributed by atoms with Gasteiger partial charge in [0.2, 0.25) is 0 Å². The van der Waals surface area contributed by atoms with E-state index in [4.69, 9.17) is 11.6 Å². The van der Waals surface area contributed by atoms with Crippen molar-refractivity contribution >= 4 is 11.6 Å². The van der Waals surface area contributed by atoms with Crippen LogP contribution in [-0.4, -0.2) is 13.6 Å². The molecule has 0 saturated carbocycles. The Morgan fingerprint density at radius 2 is 1.76 bits per heavy atom. The smallest absolute Gasteiger partial charge is 0.0438 e. The summed E-state index contributed by atoms with van der Waals surface area (Å²) in [6.45, 7) is 5.63. The maximum Gasteiger partial charge on any atom is 0.0438 e. The fourth-order valence-electron chi connectivity index (χ4n) is 2.57. The summed E-state index contributed by atoms with van der Waals surface area (Å²) in [6, 6.07) is 8.20. The third-order valence-corrected chi connectivity index (χ3v) is 3.99. The van der Waals surface area contributed by atoms with E-state index in [1.54, 1.807) is 0 Å². The van der Waals surface area contributed by atoms with Gasteiger partial charge < -0.3 is 5.32 Å². The van der Waals surface area contributed by atoms with E-state index in [9.17, 15) is 0 Å². The summed E-state index contributed by atoms with van der Waals surface area (Å²) in [5.41, 5.74) is 1.28. The topological polar surface area (TPSA) is 12.0 Å². The lowest BCUT2D eigenvalue weighted by molar-refractivity contribution is 0.304. The molecule has 1 atom stereocenters. The zero-order valence-electron chi connectivity index (χ0n) is 11.2. The number of benzene rings is 1. The molecule has 0 aliphatic heterocycles. The minimum Gasteiger partial charge on any atom is -0.319 e. The van der Waals surface area contributed by atoms with Crippen LogP contribution in [0.1, 0.15) is 32.3 Å². The van der Waals surface area contributed by atoms with Crippen LogP contribution >= 0.6 is 11.6 Å². The Hall–Kier alpha value is -0.530. The first-order valence-electron chi connectivity index (χ1n) is 6.60. The molecule has 1 rings (SSSR count). The molecule has 0 heterocycles. The van der Waals surface area contributed by atoms with Crippen LogP contribution < -0.4 is 5.32 Å². The number of halogens is 1. The molecule has 17 heavy (non-hydrogen) atoms. The number of hydrogen-bond acceptors (Lipinski definition) is 1. The number of hydrogen-bond donors (Lipinski definition) is 1. The molecule has 0 amide bonds. The normalized spacial score (nSPS) is 13.0. The maximum atomic E-state index is 6.24. The van der Waals surface area contributed by atoms with Crippen LogP contribution in [-0.2, 0) is 6.42 Å². The molecule has 1 unspecified atom stereocenters. The molecule has 1 N–H and O–H groups in total. The quantitative estimate of drug-likeness (QED) is 0.770. The lowest BCUT2D eigenvalue weighted by Crippen LogP contribution is -2.27. The lowest BCUT2D eigenvalue weighted by atomic mass is 9.83. The molecular formula is C15H24ClN. The van der Waals surface area contributed by atoms with Crippen molar-refractivity contribution in [3.8, 4) is 0 Å². The SMILES string of the molecule is CCC(CC)C(CNC)Cc1ccccc1Cl. The Labute approximate surface area is 111 Å². The summed E-state index contributed by atoms with van der Waals surface area (Å²) in [4.78, 5) is 0. The van der Waals surface area contributed by atoms with E-state index < -0.39 is 0 Å². The zero-order valence-corrected chi connectivity index (χ0v) is 11.9. The van der Waals surface area contributed by atoms with Gasteiger partial charge in [0.25, 0.3) is 0 Å². The molecule has 0 saturated heterocycles. The van der Waals surface area contributed by atoms with Crippen LogP contribution in [0.25, 0.3) is 0 Å². The molecule has 0 aliphatic rings. The van der Waals surface area contributed by atoms with Gasteiger partial charge in [0.05, 0.1) is 0 Å². The highest BCUT2D eigenvalue weighted by Crippen LogP contribution is 2.26. The minimum absolute atomic E-state index is 0.676. The van der Waals surface area contributed by atoms with Gasteiger partial charge in [-0.05, 0) is 43.5 Å². The van der Waals surface area contributed by atoms with E-state index in [1.165, 1.54) is 18.4 Å². The maximum absolute atomic E-state index is 6.24. The Bertz CT molecular complexity index is 320. The second-order valence-electron chi connectivity index (χ2n) is 4.69. The minimum atomic E-state index is 0.676. The summed E-state index contributed by atoms with van der Waals surface area (Å²) >= 11 is 6.24. The number of nitrogens with one attached hydrogen (secondary N) is 1. The first-order chi connectivity index (χ1) is 8.22. The first kappa shape index (κ1) is 14.5. The first-order valence-corrected chi connectivity index (χ1v) is 6.98. The molecule has 0 fully saturated rings. The highest BCUT2D eigenvalue weighted by Gasteiger charge is 2.19. The fraction of sp³-hybridized carbons (Fsp3) is 0.600. The third-order valence-electron chi connectivity index (χ3n) is 3.62. The van der Waals surface area contributed by atoms with Crippen molar-refractivity contribution in [1.82, 2.24) is 5.32 Å². The monoisotopic (exact) mass is 253 g/mol. The summed E-state index contributed by atoms with van der Waals surface area (Å²) in [6.07, 6.45) is 3.56. The molecule has 0 bridgehead atoms. The van der Waals surface area contributed by atoms with Gasteiger partial charge in [0.15, 0.2) is 0 Å². The Morgan fingerprint density at radius 1 is 1.12 bits per heavy atom. The van der Waals surface area contributed by atoms with E-state index >= 15 is 0 Å². The predicted octanol–water partition coefficient (Wildman–Crippen LogP) is 4.15. The van der Waals surface area contributed by atoms with Gasteiger partial charge in [-0.2, -0.15) is 0 Å². The van der Waals surface area contributed by atoms with E-state index in [0.29, 0.717) is 5.92 Å². The van der Waals surface area contributed by atoms with Gasteiger partial charge >= 0.3 is 0 Å². The van der Waals surface area contributed by atoms with Crippen LogP contribution in [0.15, 0.2) is 24.3 Å². The van der Waals surface area contributed by atoms with Gasteiger partial charge in [0, 0.05) is 5.02 Å². The van der Waals surface area contributed by atoms with Gasteiger partial charge in [-0.3, -0.25) is 0 Å². The van der Waals surface area contributed by atoms with Crippen LogP contribution in [0.5, 0.6) is 0 Å². The van der Waals surface area contributed by atoms with Crippen LogP contribution in [0.2, 0.25) is 5.02 Å². The van der Waals surface area contributed by atoms with Crippen LogP contribution in [0.4, 0.5) is 0 Å². The van der Waals surface area contributed by atoms with E-state index in [-0.39, 0.29) is 0 Å². The molecule has 1 aromatic rings. The summed E-state index contributed by atoms with van der Waals surface area (Å²) in [5, 5.41) is 4.22. The highest BCUT2D eigenvalue weighted by molar-refractivity contribution is 6.31. The molecular weight excluding hydrogens is 230 g/mol. The van der Waals surface area contributed by atoms with Crippen molar-refractivity contribution in [1.29, 1.82) is 0 Å². The molecule has 0 aromatic heterocycles. The largest absolute Gasteiger partial charge is 0.319 e. The van der Waals surface area contributed by atoms with Crippen molar-refractivity contribution in [3.63, 3.8) is 0 Å². The van der Waals surface area contributed by atoms with Gasteiger partial charge in [-0.25, -0.2) is 0 Å². The molecule has 2 heteroatoms. The second-order valence-corrected chi connectivity index (χ2v) is 5.10. The Morgan fingerprint density at radius 3 is 2.29 bits per heavy atom. The standard InChI is InChI=1S/C15H24ClN/c1-4-12(5-2)14(11-17-3)10-13-8-6-7-9-15(13)16/h6-9,12,14,17H,4-5,10-11H2,1-3H3. The van der Waals surface area contributed by atoms with Crippen molar-refractivity contribution in [2.45, 2.75) is 33.1 Å². The molecule has 96 valence electrons. The van der Waals surface area contributed by atoms with E-state index in [2.05, 4.69) is 31.3 Å². The van der Waals surface area contributed by atoms with Crippen LogP contribution in [0.3, 0.4) is 0 Å². The Balaban J connectivity index is 2.75. The van der Waals surface area contributed by atoms with Crippen molar-refractivity contribution in [2.75, 3.05) is 13.6 Å². The molecule has 1 aromatic carbocycles. The van der Waals surface area contributed by atoms with Crippen molar-refractivity contribution < 1.29 is 0 Å². The molecule has 0 aliphatic carbocycles. The molecule has 1 nitrogen and oxygen atoms in total. The average molecular weight is 254 g/mol. The average Bonchev–Trinajstić information content (AvgIpc) is 2.34. The third kappa shape index (κ3) is 4.33. The van der Waals surface area contributed by atoms with E-state index in [1.807, 2.05) is 19.2 Å². The van der Waals surface area contributed by atoms with E-state index in [0.717, 1.165) is 23.9 Å². The summed E-state index contributed by atoms with van der Waals surface area (Å²) in [5.74, 6) is 1.45. The van der Waals surface area contributed by atoms with Gasteiger partial charge in [-0.1, -0.05) is 56.5 Å². The summed E-state index contributed by atoms with van der Waals surface area (Å²) < 4.78 is 0. The van der Waals surface area contributed by atoms with Crippen LogP contribution in [0, 0.1) is 11.8 Å². The lowest BCUT2D eigenvalue weighted by Gasteiger charge is -2.25. The molecule has 0 radical (unpaired) electrons.